The minimum atomic E-state index is -0.692. The van der Waals surface area contributed by atoms with Crippen LogP contribution in [0.2, 0.25) is 0 Å². The van der Waals surface area contributed by atoms with Crippen molar-refractivity contribution in [1.29, 1.82) is 0 Å². The van der Waals surface area contributed by atoms with Crippen molar-refractivity contribution in [3.63, 3.8) is 0 Å². The van der Waals surface area contributed by atoms with Gasteiger partial charge in [-0.25, -0.2) is 19.6 Å². The Morgan fingerprint density at radius 2 is 1.55 bits per heavy atom. The highest BCUT2D eigenvalue weighted by Crippen LogP contribution is 2.37. The number of aryl methyl sites for hydroxylation is 2. The number of hydrogen-bond donors (Lipinski definition) is 0. The van der Waals surface area contributed by atoms with Crippen molar-refractivity contribution in [3.8, 4) is 10.4 Å². The van der Waals surface area contributed by atoms with Crippen LogP contribution in [0.3, 0.4) is 0 Å². The van der Waals surface area contributed by atoms with Gasteiger partial charge >= 0.3 is 11.9 Å². The Bertz CT molecular complexity index is 2020. The average molecular weight is 644 g/mol. The molecule has 1 saturated heterocycles. The van der Waals surface area contributed by atoms with E-state index in [-0.39, 0.29) is 6.61 Å². The van der Waals surface area contributed by atoms with Gasteiger partial charge in [0.05, 0.1) is 17.5 Å². The summed E-state index contributed by atoms with van der Waals surface area (Å²) in [4.78, 5) is 37.8. The van der Waals surface area contributed by atoms with Crippen LogP contribution in [0, 0.1) is 13.8 Å². The summed E-state index contributed by atoms with van der Waals surface area (Å²) >= 11 is 1.74. The van der Waals surface area contributed by atoms with Crippen molar-refractivity contribution < 1.29 is 23.8 Å². The highest BCUT2D eigenvalue weighted by molar-refractivity contribution is 7.15. The molecule has 0 amide bonds. The molecule has 47 heavy (non-hydrogen) atoms. The maximum absolute atomic E-state index is 13.2. The van der Waals surface area contributed by atoms with Gasteiger partial charge in [-0.2, -0.15) is 0 Å². The van der Waals surface area contributed by atoms with Gasteiger partial charge in [0.15, 0.2) is 5.65 Å². The molecule has 1 aliphatic rings. The summed E-state index contributed by atoms with van der Waals surface area (Å²) in [6.45, 7) is 3.83. The van der Waals surface area contributed by atoms with Crippen LogP contribution in [0.1, 0.15) is 54.9 Å². The summed E-state index contributed by atoms with van der Waals surface area (Å²) < 4.78 is 19.9. The number of ether oxygens (including phenoxy) is 3. The van der Waals surface area contributed by atoms with Gasteiger partial charge < -0.3 is 14.2 Å². The Labute approximate surface area is 276 Å². The average Bonchev–Trinajstić information content (AvgIpc) is 3.83. The van der Waals surface area contributed by atoms with Crippen molar-refractivity contribution in [1.82, 2.24) is 14.5 Å². The molecule has 1 unspecified atom stereocenters. The van der Waals surface area contributed by atoms with Crippen LogP contribution >= 0.6 is 11.3 Å². The lowest BCUT2D eigenvalue weighted by atomic mass is 10.1. The molecule has 0 N–H and O–H groups in total. The van der Waals surface area contributed by atoms with E-state index in [1.54, 1.807) is 48.1 Å². The first kappa shape index (κ1) is 30.5. The molecule has 4 heterocycles. The quantitative estimate of drug-likeness (QED) is 0.149. The molecule has 3 aromatic heterocycles. The molecule has 236 valence electrons. The predicted octanol–water partition coefficient (Wildman–Crippen LogP) is 7.74. The number of pyridine rings is 1. The van der Waals surface area contributed by atoms with Gasteiger partial charge in [0.25, 0.3) is 0 Å². The number of carbonyl (C=O) groups excluding carboxylic acids is 2. The largest absolute Gasteiger partial charge is 0.459 e. The topological polar surface area (TPSA) is 92.5 Å². The first-order chi connectivity index (χ1) is 22.9. The summed E-state index contributed by atoms with van der Waals surface area (Å²) in [6.07, 6.45) is 2.78. The van der Waals surface area contributed by atoms with Crippen molar-refractivity contribution in [2.45, 2.75) is 45.1 Å². The second-order valence-corrected chi connectivity index (χ2v) is 12.9. The van der Waals surface area contributed by atoms with Gasteiger partial charge in [-0.1, -0.05) is 65.7 Å². The molecule has 0 saturated carbocycles. The van der Waals surface area contributed by atoms with E-state index >= 15 is 0 Å². The predicted molar refractivity (Wildman–Crippen MR) is 180 cm³/mol. The number of rotatable bonds is 9. The number of carbonyl (C=O) groups is 2. The van der Waals surface area contributed by atoms with Gasteiger partial charge in [0.2, 0.25) is 0 Å². The van der Waals surface area contributed by atoms with Crippen molar-refractivity contribution >= 4 is 34.4 Å². The molecule has 0 aliphatic carbocycles. The normalized spacial score (nSPS) is 17.5. The molecule has 1 aliphatic heterocycles. The van der Waals surface area contributed by atoms with Crippen LogP contribution < -0.4 is 0 Å². The highest BCUT2D eigenvalue weighted by Gasteiger charge is 2.40. The number of hydrogen-bond acceptors (Lipinski definition) is 8. The fourth-order valence-electron chi connectivity index (χ4n) is 5.73. The first-order valence-corrected chi connectivity index (χ1v) is 16.3. The maximum atomic E-state index is 13.2. The number of thiophene rings is 1. The van der Waals surface area contributed by atoms with Gasteiger partial charge in [0.1, 0.15) is 30.6 Å². The summed E-state index contributed by atoms with van der Waals surface area (Å²) in [5, 5.41) is 0. The number of fused-ring (bicyclic) bond motifs is 1. The number of imidazole rings is 1. The number of benzene rings is 3. The molecular formula is C38H33N3O5S. The molecule has 8 nitrogen and oxygen atoms in total. The van der Waals surface area contributed by atoms with Crippen LogP contribution in [0.5, 0.6) is 0 Å². The minimum absolute atomic E-state index is 0.0836. The molecule has 0 spiro atoms. The van der Waals surface area contributed by atoms with E-state index < -0.39 is 30.4 Å². The Balaban J connectivity index is 1.12. The zero-order valence-corrected chi connectivity index (χ0v) is 26.9. The smallest absolute Gasteiger partial charge is 0.338 e. The SMILES string of the molecule is Cc1ccc(C(=O)OC[C@H]2O[C@@H](n3cnc4c(-c5ccc(Cc6ccccc6)s5)ccnc43)CC2OC(=O)c2ccc(C)cc2)cc1. The third kappa shape index (κ3) is 6.72. The Kier molecular flexibility index (Phi) is 8.65. The summed E-state index contributed by atoms with van der Waals surface area (Å²) in [7, 11) is 0. The molecule has 3 aromatic carbocycles. The van der Waals surface area contributed by atoms with Gasteiger partial charge in [-0.15, -0.1) is 11.3 Å². The maximum Gasteiger partial charge on any atom is 0.338 e. The molecule has 9 heteroatoms. The van der Waals surface area contributed by atoms with Crippen LogP contribution in [-0.4, -0.2) is 45.3 Å². The third-order valence-electron chi connectivity index (χ3n) is 8.31. The van der Waals surface area contributed by atoms with E-state index in [4.69, 9.17) is 19.2 Å². The first-order valence-electron chi connectivity index (χ1n) is 15.5. The fraction of sp³-hybridized carbons (Fsp3) is 0.211. The standard InChI is InChI=1S/C38H33N3O5S/c1-24-8-12-27(13-9-24)37(42)44-22-32-31(46-38(43)28-14-10-25(2)11-15-28)21-34(45-32)41-23-40-35-30(18-19-39-36(35)41)33-17-16-29(47-33)20-26-6-4-3-5-7-26/h3-19,23,31-32,34H,20-22H2,1-2H3/t31?,32-,34-/m1/s1. The fourth-order valence-corrected chi connectivity index (χ4v) is 6.80. The van der Waals surface area contributed by atoms with E-state index in [1.165, 1.54) is 10.4 Å². The van der Waals surface area contributed by atoms with E-state index in [0.29, 0.717) is 23.2 Å². The minimum Gasteiger partial charge on any atom is -0.459 e. The number of esters is 2. The molecule has 7 rings (SSSR count). The molecule has 0 radical (unpaired) electrons. The lowest BCUT2D eigenvalue weighted by Gasteiger charge is -2.19. The van der Waals surface area contributed by atoms with Crippen molar-refractivity contribution in [2.75, 3.05) is 6.61 Å². The van der Waals surface area contributed by atoms with Gasteiger partial charge in [-0.3, -0.25) is 4.57 Å². The molecule has 3 atom stereocenters. The Morgan fingerprint density at radius 1 is 0.851 bits per heavy atom. The van der Waals surface area contributed by atoms with Crippen molar-refractivity contribution in [3.05, 3.63) is 142 Å². The van der Waals surface area contributed by atoms with Crippen LogP contribution in [-0.2, 0) is 20.6 Å². The zero-order valence-electron chi connectivity index (χ0n) is 26.0. The van der Waals surface area contributed by atoms with Gasteiger partial charge in [-0.05, 0) is 61.9 Å². The summed E-state index contributed by atoms with van der Waals surface area (Å²) in [6, 6.07) is 31.0. The van der Waals surface area contributed by atoms with Crippen LogP contribution in [0.25, 0.3) is 21.6 Å². The molecule has 0 bridgehead atoms. The monoisotopic (exact) mass is 643 g/mol. The zero-order chi connectivity index (χ0) is 32.3. The second kappa shape index (κ2) is 13.3. The lowest BCUT2D eigenvalue weighted by Crippen LogP contribution is -2.32. The van der Waals surface area contributed by atoms with Crippen LogP contribution in [0.4, 0.5) is 0 Å². The van der Waals surface area contributed by atoms with Crippen LogP contribution in [0.15, 0.2) is 110 Å². The molecular weight excluding hydrogens is 611 g/mol. The van der Waals surface area contributed by atoms with E-state index in [2.05, 4.69) is 41.4 Å². The molecule has 1 fully saturated rings. The molecule has 6 aromatic rings. The highest BCUT2D eigenvalue weighted by atomic mass is 32.1. The lowest BCUT2D eigenvalue weighted by molar-refractivity contribution is -0.0563. The summed E-state index contributed by atoms with van der Waals surface area (Å²) in [5.74, 6) is -0.934. The number of nitrogens with zero attached hydrogens (tertiary/aromatic N) is 3. The number of aromatic nitrogens is 3. The van der Waals surface area contributed by atoms with Gasteiger partial charge in [0, 0.05) is 34.4 Å². The van der Waals surface area contributed by atoms with E-state index in [0.717, 1.165) is 33.5 Å². The summed E-state index contributed by atoms with van der Waals surface area (Å²) in [5.41, 5.74) is 6.64. The Hall–Kier alpha value is -5.12. The second-order valence-electron chi connectivity index (χ2n) is 11.8. The van der Waals surface area contributed by atoms with E-state index in [1.807, 2.05) is 54.8 Å². The van der Waals surface area contributed by atoms with E-state index in [9.17, 15) is 9.59 Å². The van der Waals surface area contributed by atoms with Crippen molar-refractivity contribution in [2.24, 2.45) is 0 Å². The Morgan fingerprint density at radius 3 is 2.28 bits per heavy atom. The third-order valence-corrected chi connectivity index (χ3v) is 9.43.